The lowest BCUT2D eigenvalue weighted by atomic mass is 10.4. The summed E-state index contributed by atoms with van der Waals surface area (Å²) in [7, 11) is 0. The van der Waals surface area contributed by atoms with Gasteiger partial charge in [0.1, 0.15) is 0 Å². The number of aromatic amines is 2. The Bertz CT molecular complexity index is 534. The van der Waals surface area contributed by atoms with Crippen LogP contribution in [0.15, 0.2) is 10.9 Å². The maximum absolute atomic E-state index is 11.3. The van der Waals surface area contributed by atoms with Gasteiger partial charge in [-0.05, 0) is 19.1 Å². The number of rotatable bonds is 0. The fourth-order valence-corrected chi connectivity index (χ4v) is 1.27. The van der Waals surface area contributed by atoms with E-state index in [1.807, 2.05) is 0 Å². The van der Waals surface area contributed by atoms with E-state index >= 15 is 0 Å². The van der Waals surface area contributed by atoms with Gasteiger partial charge in [-0.3, -0.25) is 15.0 Å². The van der Waals surface area contributed by atoms with Crippen molar-refractivity contribution in [1.29, 1.82) is 0 Å². The molecule has 2 rings (SSSR count). The number of fused-ring (bicyclic) bond motifs is 1. The molecule has 62 valence electrons. The van der Waals surface area contributed by atoms with Crippen molar-refractivity contribution in [3.05, 3.63) is 26.9 Å². The first-order chi connectivity index (χ1) is 5.68. The summed E-state index contributed by atoms with van der Waals surface area (Å²) < 4.78 is 1.64. The van der Waals surface area contributed by atoms with Crippen LogP contribution >= 0.6 is 12.2 Å². The van der Waals surface area contributed by atoms with Gasteiger partial charge in [-0.1, -0.05) is 0 Å². The van der Waals surface area contributed by atoms with E-state index in [1.165, 1.54) is 10.5 Å². The summed E-state index contributed by atoms with van der Waals surface area (Å²) in [6, 6.07) is 1.43. The van der Waals surface area contributed by atoms with Gasteiger partial charge in [0.2, 0.25) is 10.5 Å². The number of nitrogens with zero attached hydrogens (tertiary/aromatic N) is 2. The first-order valence-electron chi connectivity index (χ1n) is 3.35. The van der Waals surface area contributed by atoms with Crippen LogP contribution in [0, 0.1) is 11.7 Å². The second kappa shape index (κ2) is 2.28. The van der Waals surface area contributed by atoms with Gasteiger partial charge in [-0.2, -0.15) is 0 Å². The molecule has 0 spiro atoms. The van der Waals surface area contributed by atoms with Gasteiger partial charge >= 0.3 is 0 Å². The zero-order valence-electron chi connectivity index (χ0n) is 6.29. The van der Waals surface area contributed by atoms with Crippen LogP contribution in [-0.2, 0) is 0 Å². The van der Waals surface area contributed by atoms with E-state index in [-0.39, 0.29) is 5.56 Å². The minimum atomic E-state index is -0.167. The molecule has 2 aromatic rings. The van der Waals surface area contributed by atoms with Gasteiger partial charge in [0.15, 0.2) is 0 Å². The summed E-state index contributed by atoms with van der Waals surface area (Å²) in [6.45, 7) is 1.76. The van der Waals surface area contributed by atoms with Crippen molar-refractivity contribution < 1.29 is 0 Å². The molecule has 2 heterocycles. The second-order valence-electron chi connectivity index (χ2n) is 2.45. The fourth-order valence-electron chi connectivity index (χ4n) is 1.04. The Morgan fingerprint density at radius 1 is 1.58 bits per heavy atom. The van der Waals surface area contributed by atoms with Gasteiger partial charge in [-0.15, -0.1) is 0 Å². The van der Waals surface area contributed by atoms with E-state index in [9.17, 15) is 4.79 Å². The second-order valence-corrected chi connectivity index (χ2v) is 2.84. The normalized spacial score (nSPS) is 10.8. The van der Waals surface area contributed by atoms with E-state index in [0.717, 1.165) is 0 Å². The molecule has 5 nitrogen and oxygen atoms in total. The number of aryl methyl sites for hydroxylation is 1. The van der Waals surface area contributed by atoms with Crippen LogP contribution in [0.4, 0.5) is 0 Å². The van der Waals surface area contributed by atoms with E-state index in [4.69, 9.17) is 12.2 Å². The van der Waals surface area contributed by atoms with Crippen LogP contribution in [0.3, 0.4) is 0 Å². The third-order valence-electron chi connectivity index (χ3n) is 1.53. The molecule has 0 saturated heterocycles. The number of H-pyrrole nitrogens is 2. The van der Waals surface area contributed by atoms with Crippen LogP contribution in [0.5, 0.6) is 0 Å². The monoisotopic (exact) mass is 182 g/mol. The van der Waals surface area contributed by atoms with Crippen molar-refractivity contribution >= 4 is 18.0 Å². The minimum absolute atomic E-state index is 0.167. The summed E-state index contributed by atoms with van der Waals surface area (Å²) in [6.07, 6.45) is 0. The Labute approximate surface area is 72.1 Å². The Morgan fingerprint density at radius 3 is 3.08 bits per heavy atom. The molecule has 0 amide bonds. The van der Waals surface area contributed by atoms with Crippen LogP contribution < -0.4 is 5.56 Å². The molecular weight excluding hydrogens is 176 g/mol. The number of aromatic nitrogens is 4. The Hall–Kier alpha value is -1.43. The van der Waals surface area contributed by atoms with E-state index in [1.54, 1.807) is 6.92 Å². The third-order valence-corrected chi connectivity index (χ3v) is 1.82. The van der Waals surface area contributed by atoms with Gasteiger partial charge in [0.05, 0.1) is 0 Å². The van der Waals surface area contributed by atoms with Crippen molar-refractivity contribution in [2.45, 2.75) is 6.92 Å². The molecule has 2 aromatic heterocycles. The molecule has 0 saturated carbocycles. The maximum Gasteiger partial charge on any atom is 0.261 e. The van der Waals surface area contributed by atoms with Gasteiger partial charge < -0.3 is 0 Å². The Morgan fingerprint density at radius 2 is 2.33 bits per heavy atom. The smallest absolute Gasteiger partial charge is 0.261 e. The summed E-state index contributed by atoms with van der Waals surface area (Å²) in [5.74, 6) is 0.449. The fraction of sp³-hybridized carbons (Fsp3) is 0.167. The van der Waals surface area contributed by atoms with Gasteiger partial charge in [0, 0.05) is 11.8 Å². The summed E-state index contributed by atoms with van der Waals surface area (Å²) in [5, 5.41) is 5.33. The highest BCUT2D eigenvalue weighted by Gasteiger charge is 2.00. The van der Waals surface area contributed by atoms with Crippen molar-refractivity contribution in [3.63, 3.8) is 0 Å². The number of hydrogen-bond acceptors (Lipinski definition) is 3. The van der Waals surface area contributed by atoms with Gasteiger partial charge in [0.25, 0.3) is 5.56 Å². The molecular formula is C6H6N4OS. The van der Waals surface area contributed by atoms with Crippen LogP contribution in [0.25, 0.3) is 5.78 Å². The summed E-state index contributed by atoms with van der Waals surface area (Å²) in [4.78, 5) is 15.4. The SMILES string of the molecule is Cc1cc(=O)n2c(=S)[nH][nH]c2n1. The average Bonchev–Trinajstić information content (AvgIpc) is 2.31. The molecule has 0 radical (unpaired) electrons. The third kappa shape index (κ3) is 0.884. The van der Waals surface area contributed by atoms with Crippen LogP contribution in [0.2, 0.25) is 0 Å². The molecule has 0 fully saturated rings. The standard InChI is InChI=1S/C6H6N4OS/c1-3-2-4(11)10-5(7-3)8-9-6(10)12/h2H,1H3,(H,7,8)(H,9,12). The summed E-state index contributed by atoms with van der Waals surface area (Å²) in [5.41, 5.74) is 0.505. The summed E-state index contributed by atoms with van der Waals surface area (Å²) >= 11 is 4.85. The predicted octanol–water partition coefficient (Wildman–Crippen LogP) is 0.389. The largest absolute Gasteiger partial charge is 0.273 e. The molecule has 2 N–H and O–H groups in total. The maximum atomic E-state index is 11.3. The van der Waals surface area contributed by atoms with Crippen molar-refractivity contribution in [3.8, 4) is 0 Å². The van der Waals surface area contributed by atoms with E-state index in [0.29, 0.717) is 16.2 Å². The Kier molecular flexibility index (Phi) is 1.37. The van der Waals surface area contributed by atoms with E-state index in [2.05, 4.69) is 15.2 Å². The van der Waals surface area contributed by atoms with Crippen LogP contribution in [-0.4, -0.2) is 19.6 Å². The molecule has 0 aliphatic heterocycles. The van der Waals surface area contributed by atoms with Crippen LogP contribution in [0.1, 0.15) is 5.69 Å². The molecule has 0 atom stereocenters. The highest BCUT2D eigenvalue weighted by Crippen LogP contribution is 1.93. The first kappa shape index (κ1) is 7.23. The topological polar surface area (TPSA) is 65.9 Å². The minimum Gasteiger partial charge on any atom is -0.273 e. The molecule has 6 heteroatoms. The zero-order chi connectivity index (χ0) is 8.72. The molecule has 0 aliphatic rings. The Balaban J connectivity index is 3.13. The zero-order valence-corrected chi connectivity index (χ0v) is 7.10. The average molecular weight is 182 g/mol. The van der Waals surface area contributed by atoms with Crippen molar-refractivity contribution in [2.75, 3.05) is 0 Å². The molecule has 0 aromatic carbocycles. The molecule has 0 aliphatic carbocycles. The number of hydrogen-bond donors (Lipinski definition) is 2. The van der Waals surface area contributed by atoms with Gasteiger partial charge in [-0.25, -0.2) is 9.38 Å². The lowest BCUT2D eigenvalue weighted by Crippen LogP contribution is -2.13. The predicted molar refractivity (Wildman–Crippen MR) is 45.7 cm³/mol. The highest BCUT2D eigenvalue weighted by atomic mass is 32.1. The quantitative estimate of drug-likeness (QED) is 0.579. The van der Waals surface area contributed by atoms with Crippen molar-refractivity contribution in [2.24, 2.45) is 0 Å². The van der Waals surface area contributed by atoms with Crippen molar-refractivity contribution in [1.82, 2.24) is 19.6 Å². The lowest BCUT2D eigenvalue weighted by Gasteiger charge is -1.90. The number of nitrogens with one attached hydrogen (secondary N) is 2. The molecule has 0 bridgehead atoms. The lowest BCUT2D eigenvalue weighted by molar-refractivity contribution is 1.01. The molecule has 0 unspecified atom stereocenters. The van der Waals surface area contributed by atoms with E-state index < -0.39 is 0 Å². The highest BCUT2D eigenvalue weighted by molar-refractivity contribution is 7.71. The molecule has 12 heavy (non-hydrogen) atoms. The first-order valence-corrected chi connectivity index (χ1v) is 3.76.